The summed E-state index contributed by atoms with van der Waals surface area (Å²) in [6.07, 6.45) is 2.60. The van der Waals surface area contributed by atoms with Gasteiger partial charge in [-0.2, -0.15) is 0 Å². The molecule has 1 aromatic heterocycles. The minimum atomic E-state index is 0.617. The zero-order valence-electron chi connectivity index (χ0n) is 11.3. The second-order valence-corrected chi connectivity index (χ2v) is 5.28. The van der Waals surface area contributed by atoms with Crippen LogP contribution < -0.4 is 10.6 Å². The van der Waals surface area contributed by atoms with Crippen LogP contribution in [0.2, 0.25) is 0 Å². The standard InChI is InChI=1S/C14H22N4O/c15-14-4-3-13(18-7-9-19-10-8-18)12(16-14)11-17-5-1-2-6-17/h3-4H,1-2,5-11H2,(H2,15,16). The highest BCUT2D eigenvalue weighted by Crippen LogP contribution is 2.24. The lowest BCUT2D eigenvalue weighted by Crippen LogP contribution is -2.37. The molecule has 19 heavy (non-hydrogen) atoms. The van der Waals surface area contributed by atoms with Crippen molar-refractivity contribution >= 4 is 11.5 Å². The maximum Gasteiger partial charge on any atom is 0.123 e. The van der Waals surface area contributed by atoms with E-state index in [4.69, 9.17) is 10.5 Å². The summed E-state index contributed by atoms with van der Waals surface area (Å²) in [5.41, 5.74) is 8.20. The molecule has 3 heterocycles. The summed E-state index contributed by atoms with van der Waals surface area (Å²) < 4.78 is 5.42. The summed E-state index contributed by atoms with van der Waals surface area (Å²) in [5.74, 6) is 0.617. The summed E-state index contributed by atoms with van der Waals surface area (Å²) in [6, 6.07) is 4.01. The Labute approximate surface area is 114 Å². The lowest BCUT2D eigenvalue weighted by atomic mass is 10.2. The van der Waals surface area contributed by atoms with E-state index in [-0.39, 0.29) is 0 Å². The van der Waals surface area contributed by atoms with Crippen molar-refractivity contribution in [1.29, 1.82) is 0 Å². The second-order valence-electron chi connectivity index (χ2n) is 5.28. The molecular formula is C14H22N4O. The van der Waals surface area contributed by atoms with E-state index in [9.17, 15) is 0 Å². The zero-order chi connectivity index (χ0) is 13.1. The molecule has 3 rings (SSSR count). The molecule has 0 bridgehead atoms. The van der Waals surface area contributed by atoms with E-state index in [0.717, 1.165) is 38.5 Å². The first-order valence-electron chi connectivity index (χ1n) is 7.13. The van der Waals surface area contributed by atoms with Crippen molar-refractivity contribution in [3.8, 4) is 0 Å². The first-order chi connectivity index (χ1) is 9.33. The van der Waals surface area contributed by atoms with Crippen molar-refractivity contribution in [3.05, 3.63) is 17.8 Å². The first kappa shape index (κ1) is 12.7. The van der Waals surface area contributed by atoms with E-state index >= 15 is 0 Å². The van der Waals surface area contributed by atoms with Gasteiger partial charge in [0.15, 0.2) is 0 Å². The topological polar surface area (TPSA) is 54.6 Å². The molecule has 2 aliphatic heterocycles. The van der Waals surface area contributed by atoms with Crippen LogP contribution in [0.5, 0.6) is 0 Å². The smallest absolute Gasteiger partial charge is 0.123 e. The number of pyridine rings is 1. The lowest BCUT2D eigenvalue weighted by molar-refractivity contribution is 0.122. The van der Waals surface area contributed by atoms with Crippen molar-refractivity contribution in [2.45, 2.75) is 19.4 Å². The van der Waals surface area contributed by atoms with E-state index in [1.807, 2.05) is 6.07 Å². The Kier molecular flexibility index (Phi) is 3.84. The Morgan fingerprint density at radius 1 is 1.11 bits per heavy atom. The van der Waals surface area contributed by atoms with Crippen molar-refractivity contribution < 1.29 is 4.74 Å². The van der Waals surface area contributed by atoms with Gasteiger partial charge in [0.05, 0.1) is 24.6 Å². The molecule has 1 aromatic rings. The van der Waals surface area contributed by atoms with Gasteiger partial charge in [0, 0.05) is 19.6 Å². The number of ether oxygens (including phenoxy) is 1. The molecule has 104 valence electrons. The van der Waals surface area contributed by atoms with E-state index < -0.39 is 0 Å². The van der Waals surface area contributed by atoms with Gasteiger partial charge in [-0.3, -0.25) is 4.90 Å². The van der Waals surface area contributed by atoms with Crippen LogP contribution in [0.1, 0.15) is 18.5 Å². The summed E-state index contributed by atoms with van der Waals surface area (Å²) in [6.45, 7) is 6.76. The number of rotatable bonds is 3. The third kappa shape index (κ3) is 2.98. The molecule has 0 amide bonds. The molecule has 0 unspecified atom stereocenters. The van der Waals surface area contributed by atoms with Gasteiger partial charge in [-0.25, -0.2) is 4.98 Å². The van der Waals surface area contributed by atoms with Crippen LogP contribution in [0.4, 0.5) is 11.5 Å². The molecule has 0 spiro atoms. The van der Waals surface area contributed by atoms with Crippen LogP contribution in [-0.4, -0.2) is 49.3 Å². The summed E-state index contributed by atoms with van der Waals surface area (Å²) >= 11 is 0. The number of anilines is 2. The van der Waals surface area contributed by atoms with Crippen LogP contribution in [-0.2, 0) is 11.3 Å². The SMILES string of the molecule is Nc1ccc(N2CCOCC2)c(CN2CCCC2)n1. The Balaban J connectivity index is 1.80. The maximum atomic E-state index is 5.86. The Bertz CT molecular complexity index is 425. The fourth-order valence-electron chi connectivity index (χ4n) is 2.87. The molecule has 2 N–H and O–H groups in total. The van der Waals surface area contributed by atoms with Gasteiger partial charge in [0.1, 0.15) is 5.82 Å². The van der Waals surface area contributed by atoms with Gasteiger partial charge in [0.2, 0.25) is 0 Å². The number of nitrogens with two attached hydrogens (primary N) is 1. The molecule has 2 aliphatic rings. The molecule has 0 atom stereocenters. The van der Waals surface area contributed by atoms with Gasteiger partial charge in [-0.1, -0.05) is 0 Å². The van der Waals surface area contributed by atoms with E-state index in [1.165, 1.54) is 31.6 Å². The van der Waals surface area contributed by atoms with Crippen LogP contribution in [0, 0.1) is 0 Å². The second kappa shape index (κ2) is 5.75. The minimum Gasteiger partial charge on any atom is -0.384 e. The normalized spacial score (nSPS) is 20.9. The van der Waals surface area contributed by atoms with Crippen LogP contribution in [0.15, 0.2) is 12.1 Å². The minimum absolute atomic E-state index is 0.617. The molecule has 0 saturated carbocycles. The average Bonchev–Trinajstić information content (AvgIpc) is 2.93. The molecule has 0 aliphatic carbocycles. The quantitative estimate of drug-likeness (QED) is 0.884. The average molecular weight is 262 g/mol. The molecule has 2 saturated heterocycles. The predicted octanol–water partition coefficient (Wildman–Crippen LogP) is 1.10. The van der Waals surface area contributed by atoms with Crippen molar-refractivity contribution in [2.24, 2.45) is 0 Å². The van der Waals surface area contributed by atoms with E-state index in [1.54, 1.807) is 0 Å². The highest BCUT2D eigenvalue weighted by molar-refractivity contribution is 5.54. The zero-order valence-corrected chi connectivity index (χ0v) is 11.3. The third-order valence-corrected chi connectivity index (χ3v) is 3.90. The van der Waals surface area contributed by atoms with Crippen LogP contribution >= 0.6 is 0 Å². The van der Waals surface area contributed by atoms with Crippen LogP contribution in [0.3, 0.4) is 0 Å². The molecular weight excluding hydrogens is 240 g/mol. The molecule has 0 aromatic carbocycles. The number of hydrogen-bond donors (Lipinski definition) is 1. The largest absolute Gasteiger partial charge is 0.384 e. The maximum absolute atomic E-state index is 5.86. The number of nitrogen functional groups attached to an aromatic ring is 1. The Morgan fingerprint density at radius 2 is 1.84 bits per heavy atom. The molecule has 5 heteroatoms. The third-order valence-electron chi connectivity index (χ3n) is 3.90. The fourth-order valence-corrected chi connectivity index (χ4v) is 2.87. The van der Waals surface area contributed by atoms with Crippen molar-refractivity contribution in [2.75, 3.05) is 50.0 Å². The molecule has 0 radical (unpaired) electrons. The number of aromatic nitrogens is 1. The number of nitrogens with zero attached hydrogens (tertiary/aromatic N) is 3. The first-order valence-corrected chi connectivity index (χ1v) is 7.13. The van der Waals surface area contributed by atoms with Crippen molar-refractivity contribution in [1.82, 2.24) is 9.88 Å². The van der Waals surface area contributed by atoms with Gasteiger partial charge in [0.25, 0.3) is 0 Å². The summed E-state index contributed by atoms with van der Waals surface area (Å²) in [4.78, 5) is 9.39. The fraction of sp³-hybridized carbons (Fsp3) is 0.643. The lowest BCUT2D eigenvalue weighted by Gasteiger charge is -2.31. The summed E-state index contributed by atoms with van der Waals surface area (Å²) in [7, 11) is 0. The van der Waals surface area contributed by atoms with E-state index in [0.29, 0.717) is 5.82 Å². The monoisotopic (exact) mass is 262 g/mol. The van der Waals surface area contributed by atoms with Gasteiger partial charge >= 0.3 is 0 Å². The predicted molar refractivity (Wildman–Crippen MR) is 76.2 cm³/mol. The van der Waals surface area contributed by atoms with Gasteiger partial charge < -0.3 is 15.4 Å². The highest BCUT2D eigenvalue weighted by atomic mass is 16.5. The molecule has 5 nitrogen and oxygen atoms in total. The Morgan fingerprint density at radius 3 is 2.58 bits per heavy atom. The van der Waals surface area contributed by atoms with E-state index in [2.05, 4.69) is 20.9 Å². The van der Waals surface area contributed by atoms with Gasteiger partial charge in [-0.05, 0) is 38.1 Å². The molecule has 2 fully saturated rings. The number of morpholine rings is 1. The highest BCUT2D eigenvalue weighted by Gasteiger charge is 2.19. The Hall–Kier alpha value is -1.33. The van der Waals surface area contributed by atoms with Gasteiger partial charge in [-0.15, -0.1) is 0 Å². The van der Waals surface area contributed by atoms with Crippen molar-refractivity contribution in [3.63, 3.8) is 0 Å². The van der Waals surface area contributed by atoms with Crippen LogP contribution in [0.25, 0.3) is 0 Å². The number of hydrogen-bond acceptors (Lipinski definition) is 5. The summed E-state index contributed by atoms with van der Waals surface area (Å²) in [5, 5.41) is 0. The number of likely N-dealkylation sites (tertiary alicyclic amines) is 1.